The van der Waals surface area contributed by atoms with E-state index in [9.17, 15) is 13.9 Å². The Morgan fingerprint density at radius 3 is 2.58 bits per heavy atom. The zero-order valence-corrected chi connectivity index (χ0v) is 10.3. The van der Waals surface area contributed by atoms with Crippen molar-refractivity contribution in [3.05, 3.63) is 42.0 Å². The lowest BCUT2D eigenvalue weighted by Gasteiger charge is -2.03. The molecule has 0 atom stereocenters. The minimum atomic E-state index is -1.06. The van der Waals surface area contributed by atoms with Gasteiger partial charge in [0.15, 0.2) is 11.6 Å². The molecule has 0 bridgehead atoms. The minimum Gasteiger partial charge on any atom is -0.503 e. The SMILES string of the molecule is Oc1c(F)cc(F)cc1-n1nc2ccc(S)cc2n1. The first-order valence-corrected chi connectivity index (χ1v) is 5.74. The van der Waals surface area contributed by atoms with Crippen molar-refractivity contribution in [3.8, 4) is 11.4 Å². The van der Waals surface area contributed by atoms with E-state index < -0.39 is 17.4 Å². The maximum absolute atomic E-state index is 13.3. The first-order valence-electron chi connectivity index (χ1n) is 5.29. The van der Waals surface area contributed by atoms with Gasteiger partial charge in [0.25, 0.3) is 0 Å². The predicted octanol–water partition coefficient (Wildman–Crippen LogP) is 2.69. The Labute approximate surface area is 111 Å². The highest BCUT2D eigenvalue weighted by Gasteiger charge is 2.14. The number of hydrogen-bond acceptors (Lipinski definition) is 4. The fourth-order valence-electron chi connectivity index (χ4n) is 1.72. The van der Waals surface area contributed by atoms with Gasteiger partial charge in [0, 0.05) is 17.0 Å². The van der Waals surface area contributed by atoms with Crippen LogP contribution in [0.4, 0.5) is 8.78 Å². The number of aromatic hydroxyl groups is 1. The Bertz CT molecular complexity index is 788. The highest BCUT2D eigenvalue weighted by Crippen LogP contribution is 2.26. The van der Waals surface area contributed by atoms with Crippen LogP contribution in [0.15, 0.2) is 35.2 Å². The van der Waals surface area contributed by atoms with Crippen molar-refractivity contribution in [3.63, 3.8) is 0 Å². The van der Waals surface area contributed by atoms with Gasteiger partial charge in [-0.1, -0.05) is 0 Å². The zero-order chi connectivity index (χ0) is 13.6. The number of hydrogen-bond donors (Lipinski definition) is 2. The number of halogens is 2. The largest absolute Gasteiger partial charge is 0.503 e. The molecule has 4 nitrogen and oxygen atoms in total. The van der Waals surface area contributed by atoms with Gasteiger partial charge in [-0.2, -0.15) is 0 Å². The molecule has 0 unspecified atom stereocenters. The van der Waals surface area contributed by atoms with Crippen molar-refractivity contribution < 1.29 is 13.9 Å². The van der Waals surface area contributed by atoms with E-state index in [2.05, 4.69) is 22.8 Å². The van der Waals surface area contributed by atoms with Crippen molar-refractivity contribution in [1.82, 2.24) is 15.0 Å². The molecule has 0 radical (unpaired) electrons. The minimum absolute atomic E-state index is 0.158. The highest BCUT2D eigenvalue weighted by atomic mass is 32.1. The van der Waals surface area contributed by atoms with Gasteiger partial charge in [-0.3, -0.25) is 0 Å². The number of aromatic nitrogens is 3. The molecule has 0 aliphatic carbocycles. The standard InChI is InChI=1S/C12H7F2N3OS/c13-6-3-8(14)12(18)11(4-6)17-15-9-2-1-7(19)5-10(9)16-17/h1-5,18-19H. The van der Waals surface area contributed by atoms with E-state index in [4.69, 9.17) is 0 Å². The van der Waals surface area contributed by atoms with Crippen LogP contribution in [0.2, 0.25) is 0 Å². The topological polar surface area (TPSA) is 50.9 Å². The summed E-state index contributed by atoms with van der Waals surface area (Å²) in [4.78, 5) is 1.67. The molecule has 0 amide bonds. The Balaban J connectivity index is 2.24. The number of phenols is 1. The van der Waals surface area contributed by atoms with Crippen molar-refractivity contribution in [2.45, 2.75) is 4.90 Å². The number of nitrogens with zero attached hydrogens (tertiary/aromatic N) is 3. The van der Waals surface area contributed by atoms with Gasteiger partial charge in [0.05, 0.1) is 0 Å². The summed E-state index contributed by atoms with van der Waals surface area (Å²) >= 11 is 4.16. The average molecular weight is 279 g/mol. The maximum Gasteiger partial charge on any atom is 0.179 e. The van der Waals surface area contributed by atoms with E-state index >= 15 is 0 Å². The third-order valence-corrected chi connectivity index (χ3v) is 2.87. The molecule has 0 saturated heterocycles. The summed E-state index contributed by atoms with van der Waals surface area (Å²) in [7, 11) is 0. The van der Waals surface area contributed by atoms with Gasteiger partial charge in [-0.15, -0.1) is 27.6 Å². The summed E-state index contributed by atoms with van der Waals surface area (Å²) in [6, 6.07) is 6.60. The van der Waals surface area contributed by atoms with Gasteiger partial charge < -0.3 is 5.11 Å². The number of rotatable bonds is 1. The molecule has 2 aromatic carbocycles. The average Bonchev–Trinajstić information content (AvgIpc) is 2.76. The van der Waals surface area contributed by atoms with Crippen LogP contribution < -0.4 is 0 Å². The van der Waals surface area contributed by atoms with E-state index in [-0.39, 0.29) is 5.69 Å². The smallest absolute Gasteiger partial charge is 0.179 e. The van der Waals surface area contributed by atoms with Crippen molar-refractivity contribution >= 4 is 23.7 Å². The molecular formula is C12H7F2N3OS. The lowest BCUT2D eigenvalue weighted by atomic mass is 10.3. The van der Waals surface area contributed by atoms with Crippen LogP contribution in [0.5, 0.6) is 5.75 Å². The van der Waals surface area contributed by atoms with E-state index in [1.54, 1.807) is 18.2 Å². The zero-order valence-electron chi connectivity index (χ0n) is 9.38. The molecule has 0 aliphatic heterocycles. The molecule has 7 heteroatoms. The van der Waals surface area contributed by atoms with Crippen LogP contribution >= 0.6 is 12.6 Å². The summed E-state index contributed by atoms with van der Waals surface area (Å²) in [6.45, 7) is 0. The summed E-state index contributed by atoms with van der Waals surface area (Å²) in [5.41, 5.74) is 0.882. The van der Waals surface area contributed by atoms with Gasteiger partial charge >= 0.3 is 0 Å². The van der Waals surface area contributed by atoms with E-state index in [1.807, 2.05) is 0 Å². The van der Waals surface area contributed by atoms with Crippen LogP contribution in [0, 0.1) is 11.6 Å². The van der Waals surface area contributed by atoms with Gasteiger partial charge in [0.1, 0.15) is 22.5 Å². The molecule has 19 heavy (non-hydrogen) atoms. The molecule has 96 valence electrons. The number of thiol groups is 1. The summed E-state index contributed by atoms with van der Waals surface area (Å²) in [6.07, 6.45) is 0. The molecule has 0 saturated carbocycles. The Morgan fingerprint density at radius 1 is 1.05 bits per heavy atom. The third-order valence-electron chi connectivity index (χ3n) is 2.59. The maximum atomic E-state index is 13.3. The van der Waals surface area contributed by atoms with Gasteiger partial charge in [-0.05, 0) is 18.2 Å². The second kappa shape index (κ2) is 4.20. The lowest BCUT2D eigenvalue weighted by Crippen LogP contribution is -2.01. The fourth-order valence-corrected chi connectivity index (χ4v) is 1.91. The Morgan fingerprint density at radius 2 is 1.79 bits per heavy atom. The first-order chi connectivity index (χ1) is 9.04. The summed E-state index contributed by atoms with van der Waals surface area (Å²) in [5.74, 6) is -2.58. The van der Waals surface area contributed by atoms with Gasteiger partial charge in [-0.25, -0.2) is 8.78 Å². The molecule has 1 aromatic heterocycles. The Hall–Kier alpha value is -2.15. The molecule has 0 aliphatic rings. The summed E-state index contributed by atoms with van der Waals surface area (Å²) in [5, 5.41) is 17.7. The molecule has 3 rings (SSSR count). The molecule has 1 heterocycles. The quantitative estimate of drug-likeness (QED) is 0.673. The predicted molar refractivity (Wildman–Crippen MR) is 67.7 cm³/mol. The van der Waals surface area contributed by atoms with Crippen molar-refractivity contribution in [1.29, 1.82) is 0 Å². The molecule has 0 spiro atoms. The van der Waals surface area contributed by atoms with Crippen LogP contribution in [0.1, 0.15) is 0 Å². The monoisotopic (exact) mass is 279 g/mol. The third kappa shape index (κ3) is 2.01. The van der Waals surface area contributed by atoms with Crippen LogP contribution in [0.3, 0.4) is 0 Å². The molecule has 3 aromatic rings. The summed E-state index contributed by atoms with van der Waals surface area (Å²) < 4.78 is 26.5. The molecule has 1 N–H and O–H groups in total. The lowest BCUT2D eigenvalue weighted by molar-refractivity contribution is 0.421. The van der Waals surface area contributed by atoms with Crippen molar-refractivity contribution in [2.24, 2.45) is 0 Å². The Kier molecular flexibility index (Phi) is 2.63. The van der Waals surface area contributed by atoms with Crippen LogP contribution in [-0.4, -0.2) is 20.1 Å². The number of phenolic OH excluding ortho intramolecular Hbond substituents is 1. The number of fused-ring (bicyclic) bond motifs is 1. The fraction of sp³-hybridized carbons (Fsp3) is 0. The van der Waals surface area contributed by atoms with Crippen LogP contribution in [-0.2, 0) is 0 Å². The van der Waals surface area contributed by atoms with E-state index in [0.717, 1.165) is 10.9 Å². The molecular weight excluding hydrogens is 272 g/mol. The second-order valence-electron chi connectivity index (χ2n) is 3.92. The normalized spacial score (nSPS) is 11.1. The molecule has 0 fully saturated rings. The van der Waals surface area contributed by atoms with E-state index in [1.165, 1.54) is 0 Å². The second-order valence-corrected chi connectivity index (χ2v) is 4.43. The first kappa shape index (κ1) is 11.9. The number of benzene rings is 2. The van der Waals surface area contributed by atoms with Crippen molar-refractivity contribution in [2.75, 3.05) is 0 Å². The van der Waals surface area contributed by atoms with Crippen LogP contribution in [0.25, 0.3) is 16.7 Å². The van der Waals surface area contributed by atoms with E-state index in [0.29, 0.717) is 22.0 Å². The van der Waals surface area contributed by atoms with Gasteiger partial charge in [0.2, 0.25) is 0 Å². The highest BCUT2D eigenvalue weighted by molar-refractivity contribution is 7.80.